The van der Waals surface area contributed by atoms with E-state index in [1.165, 1.54) is 4.90 Å². The molecule has 0 aromatic heterocycles. The van der Waals surface area contributed by atoms with Crippen molar-refractivity contribution in [3.63, 3.8) is 0 Å². The molecule has 0 unspecified atom stereocenters. The highest BCUT2D eigenvalue weighted by Gasteiger charge is 1.98. The minimum atomic E-state index is 0.712. The Labute approximate surface area is 83.3 Å². The Kier molecular flexibility index (Phi) is 3.81. The normalized spacial score (nSPS) is 10.0. The lowest BCUT2D eigenvalue weighted by Gasteiger charge is -2.11. The molecule has 0 radical (unpaired) electrons. The van der Waals surface area contributed by atoms with Crippen molar-refractivity contribution >= 4 is 11.9 Å². The van der Waals surface area contributed by atoms with Gasteiger partial charge in [0.15, 0.2) is 0 Å². The number of hydrogen-bond donors (Lipinski definition) is 0. The Bertz CT molecular complexity index is 300. The van der Waals surface area contributed by atoms with Gasteiger partial charge in [0, 0.05) is 11.4 Å². The van der Waals surface area contributed by atoms with Gasteiger partial charge in [-0.05, 0) is 43.3 Å². The van der Waals surface area contributed by atoms with E-state index in [-0.39, 0.29) is 0 Å². The number of nitrogens with zero attached hydrogens (tertiary/aromatic N) is 2. The monoisotopic (exact) mass is 192 g/mol. The summed E-state index contributed by atoms with van der Waals surface area (Å²) in [5, 5.41) is 8.59. The molecule has 2 nitrogen and oxygen atoms in total. The Morgan fingerprint density at radius 2 is 2.00 bits per heavy atom. The average Bonchev–Trinajstić information content (AvgIpc) is 2.19. The molecule has 0 bridgehead atoms. The predicted molar refractivity (Wildman–Crippen MR) is 55.3 cm³/mol. The van der Waals surface area contributed by atoms with Gasteiger partial charge in [0.05, 0.1) is 11.6 Å². The van der Waals surface area contributed by atoms with Gasteiger partial charge in [0.1, 0.15) is 0 Å². The van der Waals surface area contributed by atoms with Crippen molar-refractivity contribution in [2.75, 3.05) is 13.6 Å². The van der Waals surface area contributed by atoms with Gasteiger partial charge in [-0.15, -0.1) is 0 Å². The van der Waals surface area contributed by atoms with Crippen LogP contribution < -0.4 is 0 Å². The zero-order valence-electron chi connectivity index (χ0n) is 7.82. The topological polar surface area (TPSA) is 27.0 Å². The summed E-state index contributed by atoms with van der Waals surface area (Å²) in [5.41, 5.74) is 0.712. The van der Waals surface area contributed by atoms with Crippen LogP contribution in [-0.4, -0.2) is 17.9 Å². The van der Waals surface area contributed by atoms with Crippen molar-refractivity contribution in [1.82, 2.24) is 4.31 Å². The van der Waals surface area contributed by atoms with Crippen molar-refractivity contribution in [2.24, 2.45) is 0 Å². The summed E-state index contributed by atoms with van der Waals surface area (Å²) in [4.78, 5) is 1.17. The minimum Gasteiger partial charge on any atom is -0.250 e. The molecule has 0 saturated carbocycles. The maximum atomic E-state index is 8.59. The highest BCUT2D eigenvalue weighted by molar-refractivity contribution is 7.97. The maximum absolute atomic E-state index is 8.59. The van der Waals surface area contributed by atoms with Crippen LogP contribution in [0.1, 0.15) is 12.5 Å². The SMILES string of the molecule is CCN(C)Sc1ccc(C#N)cc1. The molecular weight excluding hydrogens is 180 g/mol. The van der Waals surface area contributed by atoms with Crippen LogP contribution in [0, 0.1) is 11.3 Å². The second-order valence-corrected chi connectivity index (χ2v) is 3.95. The molecule has 0 N–H and O–H groups in total. The molecule has 3 heteroatoms. The smallest absolute Gasteiger partial charge is 0.0991 e. The number of nitriles is 1. The Morgan fingerprint density at radius 1 is 1.38 bits per heavy atom. The van der Waals surface area contributed by atoms with Gasteiger partial charge in [-0.3, -0.25) is 0 Å². The fourth-order valence-electron chi connectivity index (χ4n) is 0.835. The summed E-state index contributed by atoms with van der Waals surface area (Å²) >= 11 is 1.69. The predicted octanol–water partition coefficient (Wildman–Crippen LogP) is 2.52. The first-order valence-electron chi connectivity index (χ1n) is 4.15. The Morgan fingerprint density at radius 3 is 2.46 bits per heavy atom. The molecule has 1 aromatic rings. The van der Waals surface area contributed by atoms with Gasteiger partial charge in [0.2, 0.25) is 0 Å². The fourth-order valence-corrected chi connectivity index (χ4v) is 1.58. The average molecular weight is 192 g/mol. The summed E-state index contributed by atoms with van der Waals surface area (Å²) in [6.07, 6.45) is 0. The molecule has 0 aliphatic carbocycles. The first-order chi connectivity index (χ1) is 6.26. The molecule has 0 fully saturated rings. The van der Waals surface area contributed by atoms with E-state index < -0.39 is 0 Å². The van der Waals surface area contributed by atoms with Crippen molar-refractivity contribution in [2.45, 2.75) is 11.8 Å². The van der Waals surface area contributed by atoms with E-state index in [0.717, 1.165) is 6.54 Å². The molecule has 0 aliphatic heterocycles. The molecule has 0 heterocycles. The molecule has 0 atom stereocenters. The highest BCUT2D eigenvalue weighted by Crippen LogP contribution is 2.20. The van der Waals surface area contributed by atoms with E-state index in [2.05, 4.69) is 17.3 Å². The summed E-state index contributed by atoms with van der Waals surface area (Å²) in [6.45, 7) is 3.11. The molecule has 1 rings (SSSR count). The Balaban J connectivity index is 2.65. The number of hydrogen-bond acceptors (Lipinski definition) is 3. The van der Waals surface area contributed by atoms with Crippen molar-refractivity contribution in [3.8, 4) is 6.07 Å². The quantitative estimate of drug-likeness (QED) is 0.688. The summed E-state index contributed by atoms with van der Waals surface area (Å²) in [7, 11) is 2.04. The van der Waals surface area contributed by atoms with E-state index in [1.807, 2.05) is 31.3 Å². The van der Waals surface area contributed by atoms with Gasteiger partial charge in [-0.1, -0.05) is 6.92 Å². The van der Waals surface area contributed by atoms with Gasteiger partial charge in [-0.2, -0.15) is 5.26 Å². The zero-order chi connectivity index (χ0) is 9.68. The van der Waals surface area contributed by atoms with E-state index in [9.17, 15) is 0 Å². The Hall–Kier alpha value is -0.980. The fraction of sp³-hybridized carbons (Fsp3) is 0.300. The minimum absolute atomic E-state index is 0.712. The van der Waals surface area contributed by atoms with Gasteiger partial charge >= 0.3 is 0 Å². The third-order valence-electron chi connectivity index (χ3n) is 1.69. The third kappa shape index (κ3) is 3.10. The summed E-state index contributed by atoms with van der Waals surface area (Å²) in [5.74, 6) is 0. The van der Waals surface area contributed by atoms with E-state index >= 15 is 0 Å². The lowest BCUT2D eigenvalue weighted by molar-refractivity contribution is 0.602. The van der Waals surface area contributed by atoms with E-state index in [4.69, 9.17) is 5.26 Å². The molecule has 0 spiro atoms. The lowest BCUT2D eigenvalue weighted by Crippen LogP contribution is -2.06. The van der Waals surface area contributed by atoms with Crippen LogP contribution in [0.2, 0.25) is 0 Å². The van der Waals surface area contributed by atoms with Gasteiger partial charge < -0.3 is 0 Å². The molecule has 13 heavy (non-hydrogen) atoms. The van der Waals surface area contributed by atoms with Crippen LogP contribution in [0.15, 0.2) is 29.2 Å². The standard InChI is InChI=1S/C10H12N2S/c1-3-12(2)13-10-6-4-9(8-11)5-7-10/h4-7H,3H2,1-2H3. The van der Waals surface area contributed by atoms with E-state index in [1.54, 1.807) is 11.9 Å². The molecule has 1 aromatic carbocycles. The number of rotatable bonds is 3. The van der Waals surface area contributed by atoms with Crippen LogP contribution in [0.25, 0.3) is 0 Å². The van der Waals surface area contributed by atoms with Crippen LogP contribution in [0.4, 0.5) is 0 Å². The number of benzene rings is 1. The second-order valence-electron chi connectivity index (χ2n) is 2.67. The largest absolute Gasteiger partial charge is 0.250 e. The van der Waals surface area contributed by atoms with Crippen LogP contribution in [0.3, 0.4) is 0 Å². The summed E-state index contributed by atoms with van der Waals surface area (Å²) in [6, 6.07) is 9.71. The van der Waals surface area contributed by atoms with Crippen LogP contribution in [0.5, 0.6) is 0 Å². The van der Waals surface area contributed by atoms with Crippen molar-refractivity contribution in [1.29, 1.82) is 5.26 Å². The maximum Gasteiger partial charge on any atom is 0.0991 e. The second kappa shape index (κ2) is 4.90. The first kappa shape index (κ1) is 10.1. The zero-order valence-corrected chi connectivity index (χ0v) is 8.64. The highest BCUT2D eigenvalue weighted by atomic mass is 32.2. The summed E-state index contributed by atoms with van der Waals surface area (Å²) < 4.78 is 2.14. The van der Waals surface area contributed by atoms with Crippen LogP contribution in [-0.2, 0) is 0 Å². The third-order valence-corrected chi connectivity index (χ3v) is 2.74. The molecule has 0 saturated heterocycles. The van der Waals surface area contributed by atoms with Gasteiger partial charge in [0.25, 0.3) is 0 Å². The molecule has 0 amide bonds. The van der Waals surface area contributed by atoms with Gasteiger partial charge in [-0.25, -0.2) is 4.31 Å². The van der Waals surface area contributed by atoms with Crippen LogP contribution >= 0.6 is 11.9 Å². The lowest BCUT2D eigenvalue weighted by atomic mass is 10.2. The van der Waals surface area contributed by atoms with E-state index in [0.29, 0.717) is 5.56 Å². The van der Waals surface area contributed by atoms with Crippen molar-refractivity contribution in [3.05, 3.63) is 29.8 Å². The molecular formula is C10H12N2S. The molecule has 68 valence electrons. The first-order valence-corrected chi connectivity index (χ1v) is 4.93. The molecule has 0 aliphatic rings. The van der Waals surface area contributed by atoms with Crippen molar-refractivity contribution < 1.29 is 0 Å².